The van der Waals surface area contributed by atoms with Crippen molar-refractivity contribution in [2.75, 3.05) is 5.32 Å². The number of imidazole rings is 1. The van der Waals surface area contributed by atoms with Crippen LogP contribution in [0.25, 0.3) is 11.0 Å². The molecular weight excluding hydrogens is 230 g/mol. The second kappa shape index (κ2) is 4.33. The van der Waals surface area contributed by atoms with E-state index in [2.05, 4.69) is 25.3 Å². The Hall–Kier alpha value is -2.63. The van der Waals surface area contributed by atoms with Gasteiger partial charge in [-0.1, -0.05) is 0 Å². The molecule has 0 saturated carbocycles. The van der Waals surface area contributed by atoms with Crippen molar-refractivity contribution in [3.63, 3.8) is 0 Å². The smallest absolute Gasteiger partial charge is 0.323 e. The first-order valence-electron chi connectivity index (χ1n) is 5.52. The molecule has 0 radical (unpaired) electrons. The molecule has 2 aromatic heterocycles. The number of nitrogens with one attached hydrogen (secondary N) is 3. The third-order valence-corrected chi connectivity index (χ3v) is 2.63. The molecule has 6 nitrogen and oxygen atoms in total. The minimum absolute atomic E-state index is 0.196. The number of fused-ring (bicyclic) bond motifs is 1. The Balaban J connectivity index is 1.80. The first-order chi connectivity index (χ1) is 8.81. The molecule has 1 aromatic carbocycles. The molecule has 0 saturated heterocycles. The summed E-state index contributed by atoms with van der Waals surface area (Å²) in [7, 11) is 0. The Morgan fingerprint density at radius 2 is 2.06 bits per heavy atom. The van der Waals surface area contributed by atoms with E-state index < -0.39 is 0 Å². The maximum Gasteiger partial charge on any atom is 0.323 e. The number of aromatic amines is 2. The van der Waals surface area contributed by atoms with E-state index >= 15 is 0 Å². The van der Waals surface area contributed by atoms with Gasteiger partial charge in [0.05, 0.1) is 23.3 Å². The van der Waals surface area contributed by atoms with E-state index in [1.54, 1.807) is 6.20 Å². The molecule has 0 atom stereocenters. The quantitative estimate of drug-likeness (QED) is 0.644. The van der Waals surface area contributed by atoms with Gasteiger partial charge in [0.15, 0.2) is 0 Å². The molecule has 0 unspecified atom stereocenters. The lowest BCUT2D eigenvalue weighted by atomic mass is 10.2. The normalized spacial score (nSPS) is 10.7. The Morgan fingerprint density at radius 1 is 1.17 bits per heavy atom. The van der Waals surface area contributed by atoms with Crippen LogP contribution in [0.4, 0.5) is 5.69 Å². The van der Waals surface area contributed by atoms with Gasteiger partial charge < -0.3 is 15.3 Å². The Labute approximate surface area is 102 Å². The van der Waals surface area contributed by atoms with Crippen molar-refractivity contribution in [2.24, 2.45) is 0 Å². The number of benzene rings is 1. The van der Waals surface area contributed by atoms with Crippen LogP contribution in [0.5, 0.6) is 0 Å². The van der Waals surface area contributed by atoms with E-state index in [4.69, 9.17) is 0 Å². The van der Waals surface area contributed by atoms with Crippen molar-refractivity contribution in [2.45, 2.75) is 6.54 Å². The van der Waals surface area contributed by atoms with Gasteiger partial charge in [-0.2, -0.15) is 0 Å². The molecule has 3 aromatic rings. The van der Waals surface area contributed by atoms with E-state index in [1.807, 2.05) is 24.3 Å². The average Bonchev–Trinajstić information content (AvgIpc) is 2.77. The molecular formula is C12H11N5O. The van der Waals surface area contributed by atoms with E-state index in [-0.39, 0.29) is 5.69 Å². The molecule has 0 aliphatic rings. The Bertz CT molecular complexity index is 716. The van der Waals surface area contributed by atoms with Crippen LogP contribution < -0.4 is 11.0 Å². The molecule has 90 valence electrons. The van der Waals surface area contributed by atoms with Crippen LogP contribution in [0.15, 0.2) is 41.6 Å². The molecule has 0 fully saturated rings. The second-order valence-electron chi connectivity index (χ2n) is 3.89. The highest BCUT2D eigenvalue weighted by atomic mass is 16.1. The van der Waals surface area contributed by atoms with Crippen molar-refractivity contribution in [3.05, 3.63) is 53.0 Å². The van der Waals surface area contributed by atoms with Gasteiger partial charge in [-0.05, 0) is 24.3 Å². The van der Waals surface area contributed by atoms with Gasteiger partial charge in [-0.25, -0.2) is 14.8 Å². The fourth-order valence-corrected chi connectivity index (χ4v) is 1.76. The van der Waals surface area contributed by atoms with Gasteiger partial charge in [0.1, 0.15) is 6.33 Å². The monoisotopic (exact) mass is 241 g/mol. The zero-order chi connectivity index (χ0) is 12.4. The second-order valence-corrected chi connectivity index (χ2v) is 3.89. The molecule has 0 amide bonds. The van der Waals surface area contributed by atoms with Crippen LogP contribution in [0.1, 0.15) is 5.69 Å². The van der Waals surface area contributed by atoms with Gasteiger partial charge >= 0.3 is 5.69 Å². The zero-order valence-electron chi connectivity index (χ0n) is 9.47. The van der Waals surface area contributed by atoms with Crippen LogP contribution in [0.3, 0.4) is 0 Å². The number of hydrogen-bond donors (Lipinski definition) is 3. The molecule has 3 N–H and O–H groups in total. The van der Waals surface area contributed by atoms with Crippen molar-refractivity contribution in [1.29, 1.82) is 0 Å². The average molecular weight is 241 g/mol. The van der Waals surface area contributed by atoms with E-state index in [0.717, 1.165) is 22.4 Å². The largest absolute Gasteiger partial charge is 0.379 e. The van der Waals surface area contributed by atoms with E-state index in [0.29, 0.717) is 6.54 Å². The summed E-state index contributed by atoms with van der Waals surface area (Å²) in [5, 5.41) is 3.24. The lowest BCUT2D eigenvalue weighted by Crippen LogP contribution is -2.01. The highest BCUT2D eigenvalue weighted by molar-refractivity contribution is 5.78. The minimum Gasteiger partial charge on any atom is -0.379 e. The zero-order valence-corrected chi connectivity index (χ0v) is 9.47. The van der Waals surface area contributed by atoms with Gasteiger partial charge in [0.2, 0.25) is 0 Å². The summed E-state index contributed by atoms with van der Waals surface area (Å²) in [6.07, 6.45) is 3.22. The summed E-state index contributed by atoms with van der Waals surface area (Å²) in [6.45, 7) is 0.614. The van der Waals surface area contributed by atoms with Crippen LogP contribution in [-0.4, -0.2) is 19.9 Å². The molecule has 2 heterocycles. The van der Waals surface area contributed by atoms with Crippen molar-refractivity contribution < 1.29 is 0 Å². The van der Waals surface area contributed by atoms with Crippen molar-refractivity contribution in [1.82, 2.24) is 19.9 Å². The molecule has 6 heteroatoms. The molecule has 0 aliphatic heterocycles. The molecule has 0 bridgehead atoms. The predicted molar refractivity (Wildman–Crippen MR) is 68.3 cm³/mol. The van der Waals surface area contributed by atoms with E-state index in [1.165, 1.54) is 6.33 Å². The Kier molecular flexibility index (Phi) is 2.53. The van der Waals surface area contributed by atoms with Gasteiger partial charge in [0, 0.05) is 11.9 Å². The van der Waals surface area contributed by atoms with Gasteiger partial charge in [-0.3, -0.25) is 0 Å². The first-order valence-corrected chi connectivity index (χ1v) is 5.52. The minimum atomic E-state index is -0.196. The number of anilines is 1. The highest BCUT2D eigenvalue weighted by Gasteiger charge is 2.00. The predicted octanol–water partition coefficient (Wildman–Crippen LogP) is 1.26. The molecule has 18 heavy (non-hydrogen) atoms. The topological polar surface area (TPSA) is 86.5 Å². The van der Waals surface area contributed by atoms with Gasteiger partial charge in [0.25, 0.3) is 0 Å². The lowest BCUT2D eigenvalue weighted by Gasteiger charge is -2.05. The number of rotatable bonds is 3. The third-order valence-electron chi connectivity index (χ3n) is 2.63. The van der Waals surface area contributed by atoms with E-state index in [9.17, 15) is 4.79 Å². The SMILES string of the molecule is O=c1[nH]c2ccc(NCc3ccncn3)cc2[nH]1. The summed E-state index contributed by atoms with van der Waals surface area (Å²) in [6, 6.07) is 7.50. The fraction of sp³-hybridized carbons (Fsp3) is 0.0833. The Morgan fingerprint density at radius 3 is 2.89 bits per heavy atom. The molecule has 0 aliphatic carbocycles. The molecule has 3 rings (SSSR count). The highest BCUT2D eigenvalue weighted by Crippen LogP contribution is 2.14. The number of nitrogens with zero attached hydrogens (tertiary/aromatic N) is 2. The number of hydrogen-bond acceptors (Lipinski definition) is 4. The summed E-state index contributed by atoms with van der Waals surface area (Å²) >= 11 is 0. The number of H-pyrrole nitrogens is 2. The number of aromatic nitrogens is 4. The summed E-state index contributed by atoms with van der Waals surface area (Å²) in [4.78, 5) is 24.5. The van der Waals surface area contributed by atoms with Crippen molar-refractivity contribution >= 4 is 16.7 Å². The van der Waals surface area contributed by atoms with Crippen LogP contribution >= 0.6 is 0 Å². The van der Waals surface area contributed by atoms with Gasteiger partial charge in [-0.15, -0.1) is 0 Å². The van der Waals surface area contributed by atoms with Crippen LogP contribution in [-0.2, 0) is 6.54 Å². The first kappa shape index (κ1) is 10.5. The summed E-state index contributed by atoms with van der Waals surface area (Å²) in [5.41, 5.74) is 3.22. The summed E-state index contributed by atoms with van der Waals surface area (Å²) < 4.78 is 0. The standard InChI is InChI=1S/C12H11N5O/c18-12-16-10-2-1-8(5-11(10)17-12)14-6-9-3-4-13-7-15-9/h1-5,7,14H,6H2,(H2,16,17,18). The van der Waals surface area contributed by atoms with Crippen LogP contribution in [0, 0.1) is 0 Å². The maximum absolute atomic E-state index is 11.1. The molecule has 0 spiro atoms. The maximum atomic E-state index is 11.1. The van der Waals surface area contributed by atoms with Crippen LogP contribution in [0.2, 0.25) is 0 Å². The third kappa shape index (κ3) is 2.08. The van der Waals surface area contributed by atoms with Crippen molar-refractivity contribution in [3.8, 4) is 0 Å². The fourth-order valence-electron chi connectivity index (χ4n) is 1.76. The summed E-state index contributed by atoms with van der Waals surface area (Å²) in [5.74, 6) is 0. The lowest BCUT2D eigenvalue weighted by molar-refractivity contribution is 1.01.